The lowest BCUT2D eigenvalue weighted by molar-refractivity contribution is 0.0711. The van der Waals surface area contributed by atoms with Gasteiger partial charge in [0.05, 0.1) is 14.2 Å². The Hall–Kier alpha value is -2.65. The zero-order chi connectivity index (χ0) is 20.1. The van der Waals surface area contributed by atoms with Gasteiger partial charge < -0.3 is 14.4 Å². The summed E-state index contributed by atoms with van der Waals surface area (Å²) in [5, 5.41) is 0. The van der Waals surface area contributed by atoms with Gasteiger partial charge >= 0.3 is 0 Å². The summed E-state index contributed by atoms with van der Waals surface area (Å²) in [4.78, 5) is 18.2. The van der Waals surface area contributed by atoms with Crippen LogP contribution in [0.1, 0.15) is 23.2 Å². The monoisotopic (exact) mass is 405 g/mol. The molecule has 28 heavy (non-hydrogen) atoms. The highest BCUT2D eigenvalue weighted by Gasteiger charge is 2.29. The number of carbonyl (C=O) groups is 1. The summed E-state index contributed by atoms with van der Waals surface area (Å²) in [6.45, 7) is 0.952. The summed E-state index contributed by atoms with van der Waals surface area (Å²) in [5.74, 6) is 0.607. The first kappa shape index (κ1) is 20.1. The van der Waals surface area contributed by atoms with Gasteiger partial charge in [0, 0.05) is 43.2 Å². The van der Waals surface area contributed by atoms with Crippen LogP contribution in [0, 0.1) is 0 Å². The van der Waals surface area contributed by atoms with Crippen LogP contribution < -0.4 is 14.2 Å². The number of pyridine rings is 1. The number of ether oxygens (including phenoxy) is 2. The van der Waals surface area contributed by atoms with E-state index in [1.807, 2.05) is 0 Å². The molecule has 3 rings (SSSR count). The molecule has 1 aromatic heterocycles. The molecule has 1 saturated heterocycles. The quantitative estimate of drug-likeness (QED) is 0.785. The third-order valence-electron chi connectivity index (χ3n) is 4.69. The van der Waals surface area contributed by atoms with Crippen molar-refractivity contribution in [1.82, 2.24) is 14.6 Å². The summed E-state index contributed by atoms with van der Waals surface area (Å²) in [6.07, 6.45) is 4.22. The van der Waals surface area contributed by atoms with Crippen molar-refractivity contribution in [2.24, 2.45) is 0 Å². The van der Waals surface area contributed by atoms with Crippen molar-refractivity contribution in [1.29, 1.82) is 0 Å². The Morgan fingerprint density at radius 3 is 2.39 bits per heavy atom. The molecule has 0 unspecified atom stereocenters. The predicted octanol–water partition coefficient (Wildman–Crippen LogP) is 1.68. The summed E-state index contributed by atoms with van der Waals surface area (Å²) in [7, 11) is -0.898. The van der Waals surface area contributed by atoms with Gasteiger partial charge in [-0.25, -0.2) is 13.1 Å². The maximum Gasteiger partial charge on any atom is 0.253 e. The Labute approximate surface area is 164 Å². The number of hydrogen-bond donors (Lipinski definition) is 1. The van der Waals surface area contributed by atoms with Gasteiger partial charge in [-0.05, 0) is 37.1 Å². The number of aromatic nitrogens is 1. The largest absolute Gasteiger partial charge is 0.497 e. The van der Waals surface area contributed by atoms with Crippen LogP contribution in [0.3, 0.4) is 0 Å². The summed E-state index contributed by atoms with van der Waals surface area (Å²) in [6, 6.07) is 7.72. The first-order valence-electron chi connectivity index (χ1n) is 8.88. The first-order chi connectivity index (χ1) is 13.4. The molecule has 1 amide bonds. The fourth-order valence-electron chi connectivity index (χ4n) is 3.15. The Morgan fingerprint density at radius 1 is 1.11 bits per heavy atom. The molecule has 1 aliphatic heterocycles. The highest BCUT2D eigenvalue weighted by molar-refractivity contribution is 7.89. The summed E-state index contributed by atoms with van der Waals surface area (Å²) in [5.41, 5.74) is 0.579. The molecule has 2 heterocycles. The Bertz CT molecular complexity index is 926. The lowest BCUT2D eigenvalue weighted by atomic mass is 10.1. The van der Waals surface area contributed by atoms with E-state index in [4.69, 9.17) is 9.47 Å². The maximum absolute atomic E-state index is 12.9. The number of benzene rings is 1. The molecular weight excluding hydrogens is 382 g/mol. The Balaban J connectivity index is 1.66. The fourth-order valence-corrected chi connectivity index (χ4v) is 4.64. The van der Waals surface area contributed by atoms with Gasteiger partial charge in [-0.15, -0.1) is 0 Å². The van der Waals surface area contributed by atoms with Crippen molar-refractivity contribution >= 4 is 15.9 Å². The van der Waals surface area contributed by atoms with Gasteiger partial charge in [-0.2, -0.15) is 0 Å². The molecule has 2 aromatic rings. The van der Waals surface area contributed by atoms with Crippen LogP contribution in [-0.4, -0.2) is 57.6 Å². The second-order valence-electron chi connectivity index (χ2n) is 6.44. The molecule has 1 aromatic carbocycles. The summed E-state index contributed by atoms with van der Waals surface area (Å²) >= 11 is 0. The van der Waals surface area contributed by atoms with E-state index < -0.39 is 10.0 Å². The van der Waals surface area contributed by atoms with Crippen molar-refractivity contribution in [2.45, 2.75) is 23.8 Å². The minimum atomic E-state index is -3.79. The molecule has 0 radical (unpaired) electrons. The number of methoxy groups -OCH3 is 2. The molecule has 8 nitrogen and oxygen atoms in total. The number of rotatable bonds is 6. The van der Waals surface area contributed by atoms with Gasteiger partial charge in [0.1, 0.15) is 16.4 Å². The van der Waals surface area contributed by atoms with E-state index in [0.717, 1.165) is 0 Å². The molecule has 1 aliphatic rings. The van der Waals surface area contributed by atoms with Crippen LogP contribution in [0.4, 0.5) is 0 Å². The van der Waals surface area contributed by atoms with E-state index in [2.05, 4.69) is 9.71 Å². The standard InChI is InChI=1S/C19H23N3O5S/c1-26-16-3-4-17(27-2)18(13-16)28(24,25)21-15-7-11-22(12-8-15)19(23)14-5-9-20-10-6-14/h3-6,9-10,13,15,21H,7-8,11-12H2,1-2H3. The van der Waals surface area contributed by atoms with E-state index in [0.29, 0.717) is 37.2 Å². The minimum absolute atomic E-state index is 0.0321. The fraction of sp³-hybridized carbons (Fsp3) is 0.368. The van der Waals surface area contributed by atoms with Crippen LogP contribution in [0.2, 0.25) is 0 Å². The number of piperidine rings is 1. The molecule has 0 saturated carbocycles. The molecule has 0 bridgehead atoms. The summed E-state index contributed by atoms with van der Waals surface area (Å²) < 4.78 is 38.7. The topological polar surface area (TPSA) is 97.8 Å². The van der Waals surface area contributed by atoms with Crippen molar-refractivity contribution in [3.8, 4) is 11.5 Å². The van der Waals surface area contributed by atoms with Crippen LogP contribution in [0.25, 0.3) is 0 Å². The van der Waals surface area contributed by atoms with E-state index in [9.17, 15) is 13.2 Å². The van der Waals surface area contributed by atoms with E-state index in [1.165, 1.54) is 20.3 Å². The third-order valence-corrected chi connectivity index (χ3v) is 6.23. The van der Waals surface area contributed by atoms with Crippen LogP contribution >= 0.6 is 0 Å². The lowest BCUT2D eigenvalue weighted by Gasteiger charge is -2.32. The van der Waals surface area contributed by atoms with Crippen molar-refractivity contribution in [3.63, 3.8) is 0 Å². The maximum atomic E-state index is 12.9. The van der Waals surface area contributed by atoms with Gasteiger partial charge in [0.15, 0.2) is 0 Å². The van der Waals surface area contributed by atoms with Crippen molar-refractivity contribution in [2.75, 3.05) is 27.3 Å². The molecular formula is C19H23N3O5S. The smallest absolute Gasteiger partial charge is 0.253 e. The Kier molecular flexibility index (Phi) is 6.15. The van der Waals surface area contributed by atoms with Crippen molar-refractivity contribution in [3.05, 3.63) is 48.3 Å². The Morgan fingerprint density at radius 2 is 1.79 bits per heavy atom. The van der Waals surface area contributed by atoms with Crippen LogP contribution in [-0.2, 0) is 10.0 Å². The molecule has 1 fully saturated rings. The first-order valence-corrected chi connectivity index (χ1v) is 10.4. The van der Waals surface area contributed by atoms with E-state index in [-0.39, 0.29) is 22.6 Å². The number of likely N-dealkylation sites (tertiary alicyclic amines) is 1. The van der Waals surface area contributed by atoms with Gasteiger partial charge in [0.2, 0.25) is 10.0 Å². The normalized spacial score (nSPS) is 15.3. The number of nitrogens with one attached hydrogen (secondary N) is 1. The zero-order valence-corrected chi connectivity index (χ0v) is 16.6. The zero-order valence-electron chi connectivity index (χ0n) is 15.8. The highest BCUT2D eigenvalue weighted by Crippen LogP contribution is 2.28. The van der Waals surface area contributed by atoms with Gasteiger partial charge in [-0.3, -0.25) is 9.78 Å². The molecule has 0 atom stereocenters. The number of hydrogen-bond acceptors (Lipinski definition) is 6. The molecule has 150 valence electrons. The average Bonchev–Trinajstić information content (AvgIpc) is 2.73. The van der Waals surface area contributed by atoms with Crippen LogP contribution in [0.15, 0.2) is 47.6 Å². The average molecular weight is 405 g/mol. The number of amides is 1. The molecule has 0 spiro atoms. The predicted molar refractivity (Wildman–Crippen MR) is 103 cm³/mol. The third kappa shape index (κ3) is 4.42. The minimum Gasteiger partial charge on any atom is -0.497 e. The highest BCUT2D eigenvalue weighted by atomic mass is 32.2. The number of sulfonamides is 1. The molecule has 1 N–H and O–H groups in total. The second-order valence-corrected chi connectivity index (χ2v) is 8.12. The van der Waals surface area contributed by atoms with Gasteiger partial charge in [-0.1, -0.05) is 0 Å². The van der Waals surface area contributed by atoms with Gasteiger partial charge in [0.25, 0.3) is 5.91 Å². The molecule has 0 aliphatic carbocycles. The van der Waals surface area contributed by atoms with E-state index in [1.54, 1.807) is 41.6 Å². The number of carbonyl (C=O) groups excluding carboxylic acids is 1. The lowest BCUT2D eigenvalue weighted by Crippen LogP contribution is -2.46. The SMILES string of the molecule is COc1ccc(OC)c(S(=O)(=O)NC2CCN(C(=O)c3ccncc3)CC2)c1. The number of nitrogens with zero attached hydrogens (tertiary/aromatic N) is 2. The second kappa shape index (κ2) is 8.57. The van der Waals surface area contributed by atoms with E-state index >= 15 is 0 Å². The van der Waals surface area contributed by atoms with Crippen molar-refractivity contribution < 1.29 is 22.7 Å². The molecule has 9 heteroatoms. The van der Waals surface area contributed by atoms with Crippen LogP contribution in [0.5, 0.6) is 11.5 Å².